The van der Waals surface area contributed by atoms with Crippen molar-refractivity contribution in [3.63, 3.8) is 0 Å². The van der Waals surface area contributed by atoms with Gasteiger partial charge in [-0.15, -0.1) is 11.3 Å². The monoisotopic (exact) mass is 607 g/mol. The summed E-state index contributed by atoms with van der Waals surface area (Å²) < 4.78 is 74.4. The van der Waals surface area contributed by atoms with Crippen LogP contribution in [0.1, 0.15) is 29.7 Å². The van der Waals surface area contributed by atoms with Crippen LogP contribution in [0.25, 0.3) is 10.1 Å². The average molecular weight is 608 g/mol. The van der Waals surface area contributed by atoms with Gasteiger partial charge < -0.3 is 19.9 Å². The predicted molar refractivity (Wildman–Crippen MR) is 161 cm³/mol. The second kappa shape index (κ2) is 11.9. The maximum Gasteiger partial charge on any atom is 0.393 e. The number of rotatable bonds is 8. The van der Waals surface area contributed by atoms with Crippen LogP contribution in [0.4, 0.5) is 28.9 Å². The number of methoxy groups -OCH3 is 1. The van der Waals surface area contributed by atoms with Gasteiger partial charge in [-0.05, 0) is 67.8 Å². The molecule has 2 atom stereocenters. The molecular formula is C30H34F4N3O2PS. The Labute approximate surface area is 242 Å². The van der Waals surface area contributed by atoms with Crippen molar-refractivity contribution in [1.82, 2.24) is 4.90 Å². The number of piperidine rings is 1. The summed E-state index contributed by atoms with van der Waals surface area (Å²) >= 11 is 1.20. The Kier molecular flexibility index (Phi) is 8.61. The molecule has 1 saturated carbocycles. The predicted octanol–water partition coefficient (Wildman–Crippen LogP) is 6.71. The van der Waals surface area contributed by atoms with E-state index in [-0.39, 0.29) is 12.1 Å². The fourth-order valence-corrected chi connectivity index (χ4v) is 7.28. The van der Waals surface area contributed by atoms with Crippen LogP contribution in [0.2, 0.25) is 0 Å². The van der Waals surface area contributed by atoms with Gasteiger partial charge in [0.05, 0.1) is 47.1 Å². The third-order valence-electron chi connectivity index (χ3n) is 7.55. The number of likely N-dealkylation sites (tertiary alicyclic amines) is 1. The van der Waals surface area contributed by atoms with Crippen molar-refractivity contribution in [2.24, 2.45) is 0 Å². The summed E-state index contributed by atoms with van der Waals surface area (Å²) in [6.07, 6.45) is -3.65. The van der Waals surface area contributed by atoms with E-state index < -0.39 is 32.0 Å². The summed E-state index contributed by atoms with van der Waals surface area (Å²) in [5.41, 5.74) is 1.42. The number of anilines is 2. The first-order valence-electron chi connectivity index (χ1n) is 13.6. The van der Waals surface area contributed by atoms with Gasteiger partial charge in [-0.1, -0.05) is 24.0 Å². The van der Waals surface area contributed by atoms with Crippen LogP contribution in [0.3, 0.4) is 0 Å². The van der Waals surface area contributed by atoms with Crippen LogP contribution in [0.5, 0.6) is 5.75 Å². The van der Waals surface area contributed by atoms with Crippen molar-refractivity contribution < 1.29 is 26.9 Å². The van der Waals surface area contributed by atoms with E-state index in [1.54, 1.807) is 49.7 Å². The molecular weight excluding hydrogens is 573 g/mol. The third kappa shape index (κ3) is 7.20. The van der Waals surface area contributed by atoms with Gasteiger partial charge >= 0.3 is 6.18 Å². The number of ether oxygens (including phenoxy) is 1. The zero-order valence-electron chi connectivity index (χ0n) is 23.3. The topological polar surface area (TPSA) is 53.6 Å². The van der Waals surface area contributed by atoms with Crippen LogP contribution in [-0.4, -0.2) is 69.4 Å². The number of hydrogen-bond donors (Lipinski definition) is 2. The van der Waals surface area contributed by atoms with Gasteiger partial charge in [0.15, 0.2) is 0 Å². The van der Waals surface area contributed by atoms with E-state index in [2.05, 4.69) is 27.4 Å². The maximum absolute atomic E-state index is 15.1. The number of nitrogens with zero attached hydrogens (tertiary/aromatic N) is 1. The molecule has 220 valence electrons. The van der Waals surface area contributed by atoms with Crippen molar-refractivity contribution in [3.05, 3.63) is 46.8 Å². The molecule has 1 aliphatic heterocycles. The number of thiophene rings is 1. The Bertz CT molecular complexity index is 1520. The fraction of sp³-hybridized carbons (Fsp3) is 0.467. The molecule has 2 fully saturated rings. The van der Waals surface area contributed by atoms with Gasteiger partial charge in [-0.25, -0.2) is 4.39 Å². The molecule has 11 heteroatoms. The molecule has 0 bridgehead atoms. The summed E-state index contributed by atoms with van der Waals surface area (Å²) in [5.74, 6) is 6.41. The first kappa shape index (κ1) is 29.8. The van der Waals surface area contributed by atoms with E-state index in [0.29, 0.717) is 56.4 Å². The highest BCUT2D eigenvalue weighted by molar-refractivity contribution is 7.70. The molecule has 1 aliphatic carbocycles. The van der Waals surface area contributed by atoms with Crippen molar-refractivity contribution in [1.29, 1.82) is 0 Å². The Morgan fingerprint density at radius 2 is 1.93 bits per heavy atom. The zero-order valence-corrected chi connectivity index (χ0v) is 25.0. The number of benzene rings is 2. The van der Waals surface area contributed by atoms with E-state index in [4.69, 9.17) is 4.74 Å². The molecule has 5 rings (SSSR count). The van der Waals surface area contributed by atoms with Crippen LogP contribution < -0.4 is 20.7 Å². The molecule has 0 spiro atoms. The summed E-state index contributed by atoms with van der Waals surface area (Å²) in [5, 5.41) is 7.62. The van der Waals surface area contributed by atoms with Crippen LogP contribution >= 0.6 is 18.5 Å². The Morgan fingerprint density at radius 1 is 1.15 bits per heavy atom. The second-order valence-corrected chi connectivity index (χ2v) is 15.3. The Balaban J connectivity index is 1.37. The van der Waals surface area contributed by atoms with E-state index in [1.165, 1.54) is 18.4 Å². The number of hydrogen-bond acceptors (Lipinski definition) is 6. The lowest BCUT2D eigenvalue weighted by atomic mass is 10.0. The quantitative estimate of drug-likeness (QED) is 0.169. The van der Waals surface area contributed by atoms with E-state index in [0.717, 1.165) is 19.4 Å². The number of nitrogens with one attached hydrogen (secondary N) is 2. The molecule has 0 amide bonds. The van der Waals surface area contributed by atoms with Crippen LogP contribution in [-0.2, 0) is 11.0 Å². The number of halogens is 4. The van der Waals surface area contributed by atoms with E-state index in [1.807, 2.05) is 0 Å². The second-order valence-electron chi connectivity index (χ2n) is 11.1. The molecule has 5 nitrogen and oxygen atoms in total. The molecule has 2 heterocycles. The highest BCUT2D eigenvalue weighted by Crippen LogP contribution is 2.40. The summed E-state index contributed by atoms with van der Waals surface area (Å²) in [4.78, 5) is 2.54. The minimum atomic E-state index is -4.40. The van der Waals surface area contributed by atoms with E-state index >= 15 is 4.39 Å². The van der Waals surface area contributed by atoms with Gasteiger partial charge in [0.2, 0.25) is 0 Å². The van der Waals surface area contributed by atoms with Crippen molar-refractivity contribution in [2.45, 2.75) is 50.1 Å². The average Bonchev–Trinajstić information content (AvgIpc) is 3.70. The number of alkyl halides is 4. The van der Waals surface area contributed by atoms with Crippen molar-refractivity contribution >= 4 is 45.2 Å². The molecule has 3 aromatic rings. The lowest BCUT2D eigenvalue weighted by molar-refractivity contribution is -0.126. The zero-order chi connectivity index (χ0) is 29.4. The number of fused-ring (bicyclic) bond motifs is 1. The van der Waals surface area contributed by atoms with Crippen molar-refractivity contribution in [3.8, 4) is 17.6 Å². The molecule has 0 radical (unpaired) electrons. The van der Waals surface area contributed by atoms with Gasteiger partial charge in [-0.2, -0.15) is 13.2 Å². The Hall–Kier alpha value is -2.73. The Morgan fingerprint density at radius 3 is 2.59 bits per heavy atom. The van der Waals surface area contributed by atoms with Gasteiger partial charge in [0.1, 0.15) is 19.1 Å². The van der Waals surface area contributed by atoms with Crippen LogP contribution in [0, 0.1) is 11.8 Å². The maximum atomic E-state index is 15.1. The summed E-state index contributed by atoms with van der Waals surface area (Å²) in [7, 11) is -0.952. The normalized spacial score (nSPS) is 20.0. The molecule has 2 N–H and O–H groups in total. The molecule has 2 aromatic carbocycles. The largest absolute Gasteiger partial charge is 0.495 e. The standard InChI is InChI=1S/C30H34F4N3O2PS/c1-39-27-16-20(40(2,3)38)11-12-25(27)35-14-5-8-28-22(17-30(32,33)34)21-6-4-7-26(29(21)41-28)36-24-13-15-37(18-23(24)31)19-9-10-19/h4,6-7,11-12,16,19,23-24,35-36H,9-10,13-15,17-18H2,1-3H3. The molecule has 2 aliphatic rings. The molecule has 1 saturated heterocycles. The molecule has 1 aromatic heterocycles. The minimum absolute atomic E-state index is 0.137. The molecule has 41 heavy (non-hydrogen) atoms. The lowest BCUT2D eigenvalue weighted by Gasteiger charge is -2.35. The third-order valence-corrected chi connectivity index (χ3v) is 10.3. The van der Waals surface area contributed by atoms with Gasteiger partial charge in [-0.3, -0.25) is 4.90 Å². The van der Waals surface area contributed by atoms with Crippen LogP contribution in [0.15, 0.2) is 36.4 Å². The SMILES string of the molecule is COc1cc(P(C)(C)=O)ccc1NCC#Cc1sc2c(NC3CCN(C4CC4)CC3F)cccc2c1CC(F)(F)F. The first-order chi connectivity index (χ1) is 19.4. The summed E-state index contributed by atoms with van der Waals surface area (Å²) in [6, 6.07) is 10.5. The highest BCUT2D eigenvalue weighted by atomic mass is 32.1. The molecule has 2 unspecified atom stereocenters. The smallest absolute Gasteiger partial charge is 0.393 e. The van der Waals surface area contributed by atoms with Gasteiger partial charge in [0, 0.05) is 24.4 Å². The first-order valence-corrected chi connectivity index (χ1v) is 17.1. The van der Waals surface area contributed by atoms with E-state index in [9.17, 15) is 17.7 Å². The summed E-state index contributed by atoms with van der Waals surface area (Å²) in [6.45, 7) is 4.72. The lowest BCUT2D eigenvalue weighted by Crippen LogP contribution is -2.48. The van der Waals surface area contributed by atoms with Crippen molar-refractivity contribution in [2.75, 3.05) is 50.7 Å². The van der Waals surface area contributed by atoms with Gasteiger partial charge in [0.25, 0.3) is 0 Å². The highest BCUT2D eigenvalue weighted by Gasteiger charge is 2.37. The fourth-order valence-electron chi connectivity index (χ4n) is 5.25. The minimum Gasteiger partial charge on any atom is -0.495 e.